The van der Waals surface area contributed by atoms with Crippen LogP contribution in [0.2, 0.25) is 5.02 Å². The average molecular weight is 191 g/mol. The number of hydrogen-bond donors (Lipinski definition) is 0. The van der Waals surface area contributed by atoms with Gasteiger partial charge in [0, 0.05) is 6.07 Å². The third kappa shape index (κ3) is 1.95. The van der Waals surface area contributed by atoms with Crippen LogP contribution in [0, 0.1) is 11.6 Å². The molecule has 0 atom stereocenters. The summed E-state index contributed by atoms with van der Waals surface area (Å²) in [5.74, 6) is -1.22. The zero-order valence-electron chi connectivity index (χ0n) is 6.70. The van der Waals surface area contributed by atoms with Gasteiger partial charge in [0.15, 0.2) is 0 Å². The number of halogens is 3. The number of hydrogen-bond acceptors (Lipinski definition) is 0. The fourth-order valence-corrected chi connectivity index (χ4v) is 1.21. The summed E-state index contributed by atoms with van der Waals surface area (Å²) in [5, 5.41) is -0.0140. The van der Waals surface area contributed by atoms with Gasteiger partial charge in [0.1, 0.15) is 11.6 Å². The normalized spacial score (nSPS) is 10.3. The Hall–Kier alpha value is -0.630. The topological polar surface area (TPSA) is 0 Å². The van der Waals surface area contributed by atoms with Crippen LogP contribution in [0.3, 0.4) is 0 Å². The lowest BCUT2D eigenvalue weighted by molar-refractivity contribution is 0.571. The third-order valence-corrected chi connectivity index (χ3v) is 1.90. The fraction of sp³-hybridized carbons (Fsp3) is 0.333. The van der Waals surface area contributed by atoms with Crippen molar-refractivity contribution in [3.05, 3.63) is 34.4 Å². The van der Waals surface area contributed by atoms with E-state index in [1.807, 2.05) is 6.92 Å². The lowest BCUT2D eigenvalue weighted by Gasteiger charge is -2.02. The average Bonchev–Trinajstić information content (AvgIpc) is 2.01. The first-order chi connectivity index (χ1) is 5.65. The van der Waals surface area contributed by atoms with Gasteiger partial charge in [0.05, 0.1) is 5.02 Å². The van der Waals surface area contributed by atoms with Crippen LogP contribution < -0.4 is 0 Å². The molecule has 0 aliphatic heterocycles. The Morgan fingerprint density at radius 2 is 1.92 bits per heavy atom. The van der Waals surface area contributed by atoms with Gasteiger partial charge in [0.25, 0.3) is 0 Å². The van der Waals surface area contributed by atoms with Crippen LogP contribution in [0.4, 0.5) is 8.78 Å². The van der Waals surface area contributed by atoms with E-state index in [0.29, 0.717) is 12.0 Å². The van der Waals surface area contributed by atoms with E-state index in [-0.39, 0.29) is 5.02 Å². The predicted octanol–water partition coefficient (Wildman–Crippen LogP) is 3.57. The zero-order valence-corrected chi connectivity index (χ0v) is 7.46. The Balaban J connectivity index is 3.05. The molecule has 0 bridgehead atoms. The molecule has 0 unspecified atom stereocenters. The maximum atomic E-state index is 12.9. The van der Waals surface area contributed by atoms with Crippen LogP contribution >= 0.6 is 11.6 Å². The van der Waals surface area contributed by atoms with Crippen LogP contribution in [-0.2, 0) is 6.42 Å². The second-order valence-corrected chi connectivity index (χ2v) is 3.01. The Bertz CT molecular complexity index is 284. The molecule has 0 amide bonds. The number of aryl methyl sites for hydroxylation is 1. The molecular weight excluding hydrogens is 182 g/mol. The Morgan fingerprint density at radius 1 is 1.25 bits per heavy atom. The molecule has 0 saturated carbocycles. The zero-order chi connectivity index (χ0) is 9.14. The number of benzene rings is 1. The summed E-state index contributed by atoms with van der Waals surface area (Å²) in [6.45, 7) is 1.93. The highest BCUT2D eigenvalue weighted by Gasteiger charge is 2.06. The fourth-order valence-electron chi connectivity index (χ4n) is 1.02. The molecule has 0 saturated heterocycles. The molecule has 0 spiro atoms. The molecule has 3 heteroatoms. The summed E-state index contributed by atoms with van der Waals surface area (Å²) in [5.41, 5.74) is 0.476. The molecule has 0 aliphatic rings. The van der Waals surface area contributed by atoms with Gasteiger partial charge in [-0.05, 0) is 18.1 Å². The van der Waals surface area contributed by atoms with Crippen molar-refractivity contribution in [2.75, 3.05) is 0 Å². The summed E-state index contributed by atoms with van der Waals surface area (Å²) in [6, 6.07) is 2.17. The number of rotatable bonds is 2. The van der Waals surface area contributed by atoms with Crippen LogP contribution in [0.5, 0.6) is 0 Å². The SMILES string of the molecule is CCCc1cc(Cl)c(F)cc1F. The quantitative estimate of drug-likeness (QED) is 0.626. The monoisotopic (exact) mass is 190 g/mol. The van der Waals surface area contributed by atoms with Gasteiger partial charge in [-0.1, -0.05) is 24.9 Å². The largest absolute Gasteiger partial charge is 0.207 e. The molecule has 0 aliphatic carbocycles. The van der Waals surface area contributed by atoms with E-state index in [4.69, 9.17) is 11.6 Å². The van der Waals surface area contributed by atoms with Gasteiger partial charge in [-0.2, -0.15) is 0 Å². The summed E-state index contributed by atoms with van der Waals surface area (Å²) in [4.78, 5) is 0. The van der Waals surface area contributed by atoms with E-state index in [1.165, 1.54) is 6.07 Å². The minimum atomic E-state index is -0.700. The van der Waals surface area contributed by atoms with Crippen molar-refractivity contribution in [1.82, 2.24) is 0 Å². The van der Waals surface area contributed by atoms with Crippen molar-refractivity contribution in [3.8, 4) is 0 Å². The van der Waals surface area contributed by atoms with Gasteiger partial charge in [-0.3, -0.25) is 0 Å². The smallest absolute Gasteiger partial charge is 0.144 e. The molecule has 0 radical (unpaired) electrons. The van der Waals surface area contributed by atoms with E-state index >= 15 is 0 Å². The maximum Gasteiger partial charge on any atom is 0.144 e. The van der Waals surface area contributed by atoms with Crippen molar-refractivity contribution in [2.24, 2.45) is 0 Å². The lowest BCUT2D eigenvalue weighted by Crippen LogP contribution is -1.91. The molecule has 1 aromatic carbocycles. The van der Waals surface area contributed by atoms with Crippen molar-refractivity contribution >= 4 is 11.6 Å². The van der Waals surface area contributed by atoms with Crippen molar-refractivity contribution < 1.29 is 8.78 Å². The summed E-state index contributed by atoms with van der Waals surface area (Å²) in [7, 11) is 0. The molecule has 0 fully saturated rings. The highest BCUT2D eigenvalue weighted by Crippen LogP contribution is 2.20. The van der Waals surface area contributed by atoms with Crippen LogP contribution in [-0.4, -0.2) is 0 Å². The van der Waals surface area contributed by atoms with Gasteiger partial charge in [0.2, 0.25) is 0 Å². The molecule has 0 N–H and O–H groups in total. The Labute approximate surface area is 75.2 Å². The highest BCUT2D eigenvalue weighted by atomic mass is 35.5. The molecule has 0 nitrogen and oxygen atoms in total. The molecule has 66 valence electrons. The Morgan fingerprint density at radius 3 is 2.50 bits per heavy atom. The second-order valence-electron chi connectivity index (χ2n) is 2.61. The summed E-state index contributed by atoms with van der Waals surface area (Å²) in [6.07, 6.45) is 1.41. The van der Waals surface area contributed by atoms with E-state index in [0.717, 1.165) is 12.5 Å². The van der Waals surface area contributed by atoms with E-state index < -0.39 is 11.6 Å². The highest BCUT2D eigenvalue weighted by molar-refractivity contribution is 6.30. The molecule has 1 rings (SSSR count). The van der Waals surface area contributed by atoms with Gasteiger partial charge in [-0.15, -0.1) is 0 Å². The van der Waals surface area contributed by atoms with E-state index in [9.17, 15) is 8.78 Å². The first-order valence-electron chi connectivity index (χ1n) is 3.78. The first kappa shape index (κ1) is 9.46. The second kappa shape index (κ2) is 3.85. The molecule has 0 aromatic heterocycles. The van der Waals surface area contributed by atoms with Gasteiger partial charge < -0.3 is 0 Å². The first-order valence-corrected chi connectivity index (χ1v) is 4.16. The van der Waals surface area contributed by atoms with Crippen molar-refractivity contribution in [2.45, 2.75) is 19.8 Å². The minimum absolute atomic E-state index is 0.0140. The van der Waals surface area contributed by atoms with Gasteiger partial charge >= 0.3 is 0 Å². The third-order valence-electron chi connectivity index (χ3n) is 1.61. The molecule has 12 heavy (non-hydrogen) atoms. The molecule has 1 aromatic rings. The molecular formula is C9H9ClF2. The predicted molar refractivity (Wildman–Crippen MR) is 45.4 cm³/mol. The van der Waals surface area contributed by atoms with E-state index in [1.54, 1.807) is 0 Å². The van der Waals surface area contributed by atoms with Crippen LogP contribution in [0.15, 0.2) is 12.1 Å². The summed E-state index contributed by atoms with van der Waals surface area (Å²) >= 11 is 5.48. The van der Waals surface area contributed by atoms with E-state index in [2.05, 4.69) is 0 Å². The maximum absolute atomic E-state index is 12.9. The van der Waals surface area contributed by atoms with Gasteiger partial charge in [-0.25, -0.2) is 8.78 Å². The summed E-state index contributed by atoms with van der Waals surface area (Å²) < 4.78 is 25.5. The molecule has 0 heterocycles. The Kier molecular flexibility index (Phi) is 3.04. The van der Waals surface area contributed by atoms with Crippen molar-refractivity contribution in [1.29, 1.82) is 0 Å². The van der Waals surface area contributed by atoms with Crippen LogP contribution in [0.1, 0.15) is 18.9 Å². The lowest BCUT2D eigenvalue weighted by atomic mass is 10.1. The minimum Gasteiger partial charge on any atom is -0.207 e. The van der Waals surface area contributed by atoms with Crippen LogP contribution in [0.25, 0.3) is 0 Å². The van der Waals surface area contributed by atoms with Crippen molar-refractivity contribution in [3.63, 3.8) is 0 Å². The standard InChI is InChI=1S/C9H9ClF2/c1-2-3-6-4-7(10)9(12)5-8(6)11/h4-5H,2-3H2,1H3.